The normalized spacial score (nSPS) is 18.1. The Morgan fingerprint density at radius 1 is 1.21 bits per heavy atom. The lowest BCUT2D eigenvalue weighted by atomic mass is 10.00. The first-order valence-electron chi connectivity index (χ1n) is 8.10. The maximum absolute atomic E-state index is 11.5. The zero-order valence-electron chi connectivity index (χ0n) is 14.2. The van der Waals surface area contributed by atoms with Gasteiger partial charge < -0.3 is 9.40 Å². The van der Waals surface area contributed by atoms with Gasteiger partial charge in [-0.05, 0) is 35.4 Å². The molecule has 0 radical (unpaired) electrons. The summed E-state index contributed by atoms with van der Waals surface area (Å²) < 4.78 is 1.59. The second-order valence-electron chi connectivity index (χ2n) is 6.20. The Morgan fingerprint density at radius 3 is 2.54 bits per heavy atom. The molecule has 24 heavy (non-hydrogen) atoms. The van der Waals surface area contributed by atoms with Crippen LogP contribution in [0.3, 0.4) is 0 Å². The highest BCUT2D eigenvalue weighted by Crippen LogP contribution is 2.25. The summed E-state index contributed by atoms with van der Waals surface area (Å²) >= 11 is 1.86. The minimum absolute atomic E-state index is 0.00153. The van der Waals surface area contributed by atoms with Crippen LogP contribution < -0.4 is 5.56 Å². The highest BCUT2D eigenvalue weighted by Gasteiger charge is 2.23. The van der Waals surface area contributed by atoms with E-state index >= 15 is 0 Å². The standard InChI is InChI=1S/C19H22N2O2S/c1-13(24-3)10-17-11-18(20-23-17)15-6-4-14(5-7-15)16-8-9-19(22)21(2)12-16/h4-9,12-13,17H,10-11H2,1-3H3. The van der Waals surface area contributed by atoms with Gasteiger partial charge in [0.2, 0.25) is 5.56 Å². The molecular weight excluding hydrogens is 320 g/mol. The van der Waals surface area contributed by atoms with Gasteiger partial charge in [-0.1, -0.05) is 36.3 Å². The van der Waals surface area contributed by atoms with E-state index in [9.17, 15) is 4.79 Å². The summed E-state index contributed by atoms with van der Waals surface area (Å²) in [5.41, 5.74) is 4.22. The Morgan fingerprint density at radius 2 is 1.88 bits per heavy atom. The number of pyridine rings is 1. The van der Waals surface area contributed by atoms with Crippen LogP contribution in [0, 0.1) is 0 Å². The SMILES string of the molecule is CSC(C)CC1CC(c2ccc(-c3ccc(=O)n(C)c3)cc2)=NO1. The van der Waals surface area contributed by atoms with Crippen molar-refractivity contribution >= 4 is 17.5 Å². The van der Waals surface area contributed by atoms with Gasteiger partial charge in [0.25, 0.3) is 0 Å². The van der Waals surface area contributed by atoms with Gasteiger partial charge in [-0.25, -0.2) is 0 Å². The highest BCUT2D eigenvalue weighted by atomic mass is 32.2. The molecule has 0 amide bonds. The molecule has 126 valence electrons. The fourth-order valence-corrected chi connectivity index (χ4v) is 3.22. The maximum atomic E-state index is 11.5. The van der Waals surface area contributed by atoms with Crippen molar-refractivity contribution in [3.05, 3.63) is 58.5 Å². The van der Waals surface area contributed by atoms with E-state index in [2.05, 4.69) is 42.6 Å². The van der Waals surface area contributed by atoms with Crippen molar-refractivity contribution in [1.29, 1.82) is 0 Å². The van der Waals surface area contributed by atoms with Crippen molar-refractivity contribution in [2.75, 3.05) is 6.26 Å². The molecular formula is C19H22N2O2S. The molecule has 2 aromatic rings. The second kappa shape index (κ2) is 7.26. The van der Waals surface area contributed by atoms with Crippen molar-refractivity contribution in [2.45, 2.75) is 31.1 Å². The minimum atomic E-state index is -0.00153. The highest BCUT2D eigenvalue weighted by molar-refractivity contribution is 7.99. The zero-order valence-corrected chi connectivity index (χ0v) is 15.0. The molecule has 3 rings (SSSR count). The number of nitrogens with zero attached hydrogens (tertiary/aromatic N) is 2. The van der Waals surface area contributed by atoms with Crippen LogP contribution in [0.2, 0.25) is 0 Å². The van der Waals surface area contributed by atoms with E-state index in [0.29, 0.717) is 5.25 Å². The summed E-state index contributed by atoms with van der Waals surface area (Å²) in [5, 5.41) is 4.85. The van der Waals surface area contributed by atoms with E-state index in [4.69, 9.17) is 4.84 Å². The maximum Gasteiger partial charge on any atom is 0.250 e. The molecule has 1 aliphatic rings. The quantitative estimate of drug-likeness (QED) is 0.832. The predicted octanol–water partition coefficient (Wildman–Crippen LogP) is 3.69. The van der Waals surface area contributed by atoms with Crippen LogP contribution >= 0.6 is 11.8 Å². The molecule has 0 N–H and O–H groups in total. The third-order valence-electron chi connectivity index (χ3n) is 4.37. The number of thioether (sulfide) groups is 1. The van der Waals surface area contributed by atoms with E-state index in [1.165, 1.54) is 0 Å². The third kappa shape index (κ3) is 3.73. The van der Waals surface area contributed by atoms with E-state index in [0.717, 1.165) is 35.2 Å². The van der Waals surface area contributed by atoms with E-state index in [1.54, 1.807) is 17.7 Å². The third-order valence-corrected chi connectivity index (χ3v) is 5.36. The average molecular weight is 342 g/mol. The molecule has 0 spiro atoms. The van der Waals surface area contributed by atoms with Gasteiger partial charge in [0, 0.05) is 31.0 Å². The predicted molar refractivity (Wildman–Crippen MR) is 101 cm³/mol. The molecule has 1 aromatic heterocycles. The van der Waals surface area contributed by atoms with Crippen molar-refractivity contribution in [2.24, 2.45) is 12.2 Å². The van der Waals surface area contributed by atoms with Gasteiger partial charge >= 0.3 is 0 Å². The second-order valence-corrected chi connectivity index (χ2v) is 7.47. The monoisotopic (exact) mass is 342 g/mol. The van der Waals surface area contributed by atoms with Gasteiger partial charge in [-0.3, -0.25) is 4.79 Å². The van der Waals surface area contributed by atoms with Gasteiger partial charge in [0.15, 0.2) is 0 Å². The zero-order chi connectivity index (χ0) is 17.1. The van der Waals surface area contributed by atoms with Crippen LogP contribution in [0.1, 0.15) is 25.3 Å². The Balaban J connectivity index is 1.71. The molecule has 5 heteroatoms. The van der Waals surface area contributed by atoms with Crippen LogP contribution in [-0.4, -0.2) is 27.9 Å². The van der Waals surface area contributed by atoms with Gasteiger partial charge in [0.05, 0.1) is 5.71 Å². The van der Waals surface area contributed by atoms with Crippen molar-refractivity contribution in [1.82, 2.24) is 4.57 Å². The summed E-state index contributed by atoms with van der Waals surface area (Å²) in [5.74, 6) is 0. The summed E-state index contributed by atoms with van der Waals surface area (Å²) in [7, 11) is 1.76. The van der Waals surface area contributed by atoms with Crippen molar-refractivity contribution in [3.8, 4) is 11.1 Å². The molecule has 2 unspecified atom stereocenters. The molecule has 0 saturated heterocycles. The van der Waals surface area contributed by atoms with E-state index < -0.39 is 0 Å². The summed E-state index contributed by atoms with van der Waals surface area (Å²) in [6.45, 7) is 2.22. The Bertz CT molecular complexity index is 796. The fraction of sp³-hybridized carbons (Fsp3) is 0.368. The fourth-order valence-electron chi connectivity index (χ4n) is 2.81. The summed E-state index contributed by atoms with van der Waals surface area (Å²) in [6, 6.07) is 11.7. The smallest absolute Gasteiger partial charge is 0.250 e. The van der Waals surface area contributed by atoms with Gasteiger partial charge in [-0.2, -0.15) is 11.8 Å². The largest absolute Gasteiger partial charge is 0.392 e. The summed E-state index contributed by atoms with van der Waals surface area (Å²) in [6.07, 6.45) is 6.05. The lowest BCUT2D eigenvalue weighted by Crippen LogP contribution is -2.14. The molecule has 0 aliphatic carbocycles. The van der Waals surface area contributed by atoms with Crippen LogP contribution in [0.15, 0.2) is 52.5 Å². The number of rotatable bonds is 5. The number of hydrogen-bond acceptors (Lipinski definition) is 4. The molecule has 1 aliphatic heterocycles. The summed E-state index contributed by atoms with van der Waals surface area (Å²) in [4.78, 5) is 17.1. The van der Waals surface area contributed by atoms with Gasteiger partial charge in [0.1, 0.15) is 6.10 Å². The minimum Gasteiger partial charge on any atom is -0.392 e. The van der Waals surface area contributed by atoms with Crippen LogP contribution in [0.5, 0.6) is 0 Å². The van der Waals surface area contributed by atoms with Crippen LogP contribution in [0.4, 0.5) is 0 Å². The molecule has 0 fully saturated rings. The van der Waals surface area contributed by atoms with E-state index in [1.807, 2.05) is 24.0 Å². The topological polar surface area (TPSA) is 43.6 Å². The molecule has 4 nitrogen and oxygen atoms in total. The van der Waals surface area contributed by atoms with Crippen LogP contribution in [0.25, 0.3) is 11.1 Å². The first kappa shape index (κ1) is 16.8. The van der Waals surface area contributed by atoms with Crippen molar-refractivity contribution < 1.29 is 4.84 Å². The van der Waals surface area contributed by atoms with Gasteiger partial charge in [-0.15, -0.1) is 0 Å². The molecule has 0 bridgehead atoms. The van der Waals surface area contributed by atoms with E-state index in [-0.39, 0.29) is 11.7 Å². The molecule has 0 saturated carbocycles. The Hall–Kier alpha value is -2.01. The average Bonchev–Trinajstić information content (AvgIpc) is 3.06. The Kier molecular flexibility index (Phi) is 5.09. The lowest BCUT2D eigenvalue weighted by molar-refractivity contribution is 0.0797. The first-order chi connectivity index (χ1) is 11.6. The van der Waals surface area contributed by atoms with Crippen molar-refractivity contribution in [3.63, 3.8) is 0 Å². The first-order valence-corrected chi connectivity index (χ1v) is 9.38. The number of aromatic nitrogens is 1. The number of oxime groups is 1. The van der Waals surface area contributed by atoms with Crippen LogP contribution in [-0.2, 0) is 11.9 Å². The number of aryl methyl sites for hydroxylation is 1. The molecule has 2 heterocycles. The molecule has 1 aromatic carbocycles. The molecule has 2 atom stereocenters. The lowest BCUT2D eigenvalue weighted by Gasteiger charge is -2.12. The number of hydrogen-bond donors (Lipinski definition) is 0. The number of benzene rings is 1. The Labute approximate surface area is 146 Å².